The molecule has 84 valence electrons. The van der Waals surface area contributed by atoms with Crippen molar-refractivity contribution in [1.82, 2.24) is 0 Å². The molecule has 0 radical (unpaired) electrons. The van der Waals surface area contributed by atoms with Crippen molar-refractivity contribution >= 4 is 17.9 Å². The molecule has 0 aliphatic heterocycles. The van der Waals surface area contributed by atoms with Gasteiger partial charge in [0.05, 0.1) is 5.92 Å². The van der Waals surface area contributed by atoms with Crippen LogP contribution in [-0.4, -0.2) is 33.2 Å². The van der Waals surface area contributed by atoms with Crippen LogP contribution in [0, 0.1) is 5.92 Å². The van der Waals surface area contributed by atoms with Crippen LogP contribution in [0.25, 0.3) is 0 Å². The summed E-state index contributed by atoms with van der Waals surface area (Å²) in [6, 6.07) is 0. The van der Waals surface area contributed by atoms with Gasteiger partial charge in [-0.25, -0.2) is 4.79 Å². The number of rotatable bonds is 7. The Kier molecular flexibility index (Phi) is 5.08. The van der Waals surface area contributed by atoms with E-state index >= 15 is 0 Å². The van der Waals surface area contributed by atoms with E-state index < -0.39 is 23.8 Å². The molecule has 0 saturated carbocycles. The van der Waals surface area contributed by atoms with Crippen molar-refractivity contribution in [3.05, 3.63) is 12.2 Å². The molecule has 6 heteroatoms. The lowest BCUT2D eigenvalue weighted by Gasteiger charge is -2.10. The van der Waals surface area contributed by atoms with E-state index in [0.29, 0.717) is 0 Å². The summed E-state index contributed by atoms with van der Waals surface area (Å²) in [7, 11) is 0. The zero-order valence-electron chi connectivity index (χ0n) is 7.97. The molecule has 3 N–H and O–H groups in total. The molecule has 0 amide bonds. The van der Waals surface area contributed by atoms with Crippen molar-refractivity contribution in [3.63, 3.8) is 0 Å². The van der Waals surface area contributed by atoms with Crippen LogP contribution in [0.3, 0.4) is 0 Å². The maximum Gasteiger partial charge on any atom is 0.330 e. The lowest BCUT2D eigenvalue weighted by molar-refractivity contribution is -0.142. The summed E-state index contributed by atoms with van der Waals surface area (Å²) in [4.78, 5) is 31.2. The number of aliphatic carboxylic acids is 3. The minimum absolute atomic E-state index is 0.100. The average Bonchev–Trinajstić information content (AvgIpc) is 2.10. The zero-order chi connectivity index (χ0) is 12.0. The molecule has 1 unspecified atom stereocenters. The third-order valence-electron chi connectivity index (χ3n) is 1.85. The Morgan fingerprint density at radius 2 is 1.67 bits per heavy atom. The van der Waals surface area contributed by atoms with Gasteiger partial charge in [-0.1, -0.05) is 6.58 Å². The molecule has 0 spiro atoms. The van der Waals surface area contributed by atoms with Crippen molar-refractivity contribution in [2.24, 2.45) is 5.92 Å². The number of carboxylic acid groups (broad SMARTS) is 3. The second kappa shape index (κ2) is 5.79. The highest BCUT2D eigenvalue weighted by Crippen LogP contribution is 2.16. The third kappa shape index (κ3) is 5.45. The molecule has 0 aromatic rings. The highest BCUT2D eigenvalue weighted by molar-refractivity contribution is 5.87. The molecule has 0 aromatic heterocycles. The molecule has 0 aromatic carbocycles. The SMILES string of the molecule is C=C(CC(CCC(=O)O)C(=O)O)C(=O)O. The molecular weight excluding hydrogens is 204 g/mol. The van der Waals surface area contributed by atoms with Crippen molar-refractivity contribution in [3.8, 4) is 0 Å². The summed E-state index contributed by atoms with van der Waals surface area (Å²) in [6.07, 6.45) is -0.640. The van der Waals surface area contributed by atoms with Gasteiger partial charge in [0, 0.05) is 12.0 Å². The Hall–Kier alpha value is -1.85. The van der Waals surface area contributed by atoms with Crippen LogP contribution in [0.15, 0.2) is 12.2 Å². The Labute approximate surface area is 85.8 Å². The minimum Gasteiger partial charge on any atom is -0.481 e. The van der Waals surface area contributed by atoms with E-state index in [4.69, 9.17) is 15.3 Å². The Bertz CT molecular complexity index is 293. The van der Waals surface area contributed by atoms with E-state index in [1.807, 2.05) is 0 Å². The van der Waals surface area contributed by atoms with Crippen LogP contribution in [0.2, 0.25) is 0 Å². The first kappa shape index (κ1) is 13.2. The van der Waals surface area contributed by atoms with Gasteiger partial charge in [0.15, 0.2) is 0 Å². The maximum absolute atomic E-state index is 10.6. The first-order valence-electron chi connectivity index (χ1n) is 4.20. The van der Waals surface area contributed by atoms with Gasteiger partial charge in [0.2, 0.25) is 0 Å². The van der Waals surface area contributed by atoms with Gasteiger partial charge in [0.1, 0.15) is 0 Å². The molecule has 0 bridgehead atoms. The highest BCUT2D eigenvalue weighted by atomic mass is 16.4. The number of carbonyl (C=O) groups is 3. The highest BCUT2D eigenvalue weighted by Gasteiger charge is 2.21. The predicted octanol–water partition coefficient (Wildman–Crippen LogP) is 0.583. The quantitative estimate of drug-likeness (QED) is 0.537. The van der Waals surface area contributed by atoms with Crippen molar-refractivity contribution < 1.29 is 29.7 Å². The zero-order valence-corrected chi connectivity index (χ0v) is 7.97. The second-order valence-corrected chi connectivity index (χ2v) is 3.08. The van der Waals surface area contributed by atoms with Gasteiger partial charge in [-0.05, 0) is 12.8 Å². The lowest BCUT2D eigenvalue weighted by Crippen LogP contribution is -2.17. The van der Waals surface area contributed by atoms with Crippen LogP contribution in [0.4, 0.5) is 0 Å². The molecule has 0 aliphatic rings. The monoisotopic (exact) mass is 216 g/mol. The summed E-state index contributed by atoms with van der Waals surface area (Å²) in [5.41, 5.74) is -0.229. The summed E-state index contributed by atoms with van der Waals surface area (Å²) in [5.74, 6) is -4.60. The fourth-order valence-corrected chi connectivity index (χ4v) is 0.995. The molecule has 6 nitrogen and oxygen atoms in total. The third-order valence-corrected chi connectivity index (χ3v) is 1.85. The van der Waals surface area contributed by atoms with Gasteiger partial charge in [-0.2, -0.15) is 0 Å². The van der Waals surface area contributed by atoms with Gasteiger partial charge in [-0.3, -0.25) is 9.59 Å². The fourth-order valence-electron chi connectivity index (χ4n) is 0.995. The van der Waals surface area contributed by atoms with E-state index in [9.17, 15) is 14.4 Å². The smallest absolute Gasteiger partial charge is 0.330 e. The van der Waals surface area contributed by atoms with Gasteiger partial charge in [0.25, 0.3) is 0 Å². The lowest BCUT2D eigenvalue weighted by atomic mass is 9.95. The molecule has 15 heavy (non-hydrogen) atoms. The van der Waals surface area contributed by atoms with E-state index in [1.165, 1.54) is 0 Å². The van der Waals surface area contributed by atoms with Crippen LogP contribution >= 0.6 is 0 Å². The molecular formula is C9H12O6. The standard InChI is InChI=1S/C9H12O6/c1-5(8(12)13)4-6(9(14)15)2-3-7(10)11/h6H,1-4H2,(H,10,11)(H,12,13)(H,14,15). The predicted molar refractivity (Wildman–Crippen MR) is 49.4 cm³/mol. The largest absolute Gasteiger partial charge is 0.481 e. The molecule has 0 aliphatic carbocycles. The van der Waals surface area contributed by atoms with Crippen molar-refractivity contribution in [2.75, 3.05) is 0 Å². The minimum atomic E-state index is -1.27. The van der Waals surface area contributed by atoms with Gasteiger partial charge < -0.3 is 15.3 Å². The van der Waals surface area contributed by atoms with Crippen molar-refractivity contribution in [1.29, 1.82) is 0 Å². The summed E-state index contributed by atoms with van der Waals surface area (Å²) in [5, 5.41) is 25.5. The first-order valence-corrected chi connectivity index (χ1v) is 4.20. The van der Waals surface area contributed by atoms with Crippen LogP contribution < -0.4 is 0 Å². The summed E-state index contributed by atoms with van der Waals surface area (Å²) < 4.78 is 0. The number of carboxylic acids is 3. The molecule has 0 rings (SSSR count). The maximum atomic E-state index is 10.6. The van der Waals surface area contributed by atoms with Crippen LogP contribution in [-0.2, 0) is 14.4 Å². The summed E-state index contributed by atoms with van der Waals surface area (Å²) >= 11 is 0. The molecule has 0 fully saturated rings. The fraction of sp³-hybridized carbons (Fsp3) is 0.444. The number of hydrogen-bond donors (Lipinski definition) is 3. The average molecular weight is 216 g/mol. The molecule has 0 heterocycles. The van der Waals surface area contributed by atoms with Crippen molar-refractivity contribution in [2.45, 2.75) is 19.3 Å². The number of hydrogen-bond acceptors (Lipinski definition) is 3. The Morgan fingerprint density at radius 1 is 1.13 bits per heavy atom. The van der Waals surface area contributed by atoms with Crippen LogP contribution in [0.1, 0.15) is 19.3 Å². The van der Waals surface area contributed by atoms with E-state index in [2.05, 4.69) is 6.58 Å². The normalized spacial score (nSPS) is 11.7. The summed E-state index contributed by atoms with van der Waals surface area (Å²) in [6.45, 7) is 3.19. The van der Waals surface area contributed by atoms with Gasteiger partial charge in [-0.15, -0.1) is 0 Å². The van der Waals surface area contributed by atoms with E-state index in [1.54, 1.807) is 0 Å². The van der Waals surface area contributed by atoms with E-state index in [-0.39, 0.29) is 24.8 Å². The van der Waals surface area contributed by atoms with Crippen LogP contribution in [0.5, 0.6) is 0 Å². The second-order valence-electron chi connectivity index (χ2n) is 3.08. The Morgan fingerprint density at radius 3 is 2.00 bits per heavy atom. The molecule has 0 saturated heterocycles. The topological polar surface area (TPSA) is 112 Å². The first-order chi connectivity index (χ1) is 6.84. The van der Waals surface area contributed by atoms with E-state index in [0.717, 1.165) is 0 Å². The molecule has 1 atom stereocenters. The van der Waals surface area contributed by atoms with Gasteiger partial charge >= 0.3 is 17.9 Å². The Balaban J connectivity index is 4.28.